The maximum atomic E-state index is 4.94. The summed E-state index contributed by atoms with van der Waals surface area (Å²) in [6.07, 6.45) is 7.21. The van der Waals surface area contributed by atoms with Crippen LogP contribution in [0.2, 0.25) is 0 Å². The van der Waals surface area contributed by atoms with Gasteiger partial charge in [0.25, 0.3) is 0 Å². The van der Waals surface area contributed by atoms with E-state index in [0.717, 1.165) is 35.9 Å². The van der Waals surface area contributed by atoms with Crippen LogP contribution in [-0.2, 0) is 0 Å². The van der Waals surface area contributed by atoms with Gasteiger partial charge >= 0.3 is 0 Å². The van der Waals surface area contributed by atoms with Gasteiger partial charge in [-0.3, -0.25) is 4.98 Å². The van der Waals surface area contributed by atoms with Crippen molar-refractivity contribution >= 4 is 5.82 Å². The van der Waals surface area contributed by atoms with Gasteiger partial charge in [-0.1, -0.05) is 18.2 Å². The first-order valence-corrected chi connectivity index (χ1v) is 9.72. The van der Waals surface area contributed by atoms with Crippen molar-refractivity contribution in [1.29, 1.82) is 0 Å². The number of hydrogen-bond donors (Lipinski definition) is 0. The van der Waals surface area contributed by atoms with E-state index in [2.05, 4.69) is 53.0 Å². The zero-order valence-electron chi connectivity index (χ0n) is 16.3. The summed E-state index contributed by atoms with van der Waals surface area (Å²) in [6, 6.07) is 13.1. The monoisotopic (exact) mass is 358 g/mol. The highest BCUT2D eigenvalue weighted by molar-refractivity contribution is 5.58. The second kappa shape index (κ2) is 7.47. The summed E-state index contributed by atoms with van der Waals surface area (Å²) in [5.74, 6) is 1.80. The number of anilines is 1. The van der Waals surface area contributed by atoms with Crippen molar-refractivity contribution in [2.24, 2.45) is 0 Å². The number of aryl methyl sites for hydroxylation is 2. The molecule has 1 atom stereocenters. The van der Waals surface area contributed by atoms with Crippen molar-refractivity contribution in [1.82, 2.24) is 15.0 Å². The minimum absolute atomic E-state index is 0.373. The molecule has 1 fully saturated rings. The lowest BCUT2D eigenvalue weighted by molar-refractivity contribution is 0.468. The molecule has 1 saturated heterocycles. The fraction of sp³-hybridized carbons (Fsp3) is 0.348. The zero-order chi connectivity index (χ0) is 18.8. The number of aromatic nitrogens is 3. The molecule has 1 unspecified atom stereocenters. The summed E-state index contributed by atoms with van der Waals surface area (Å²) in [7, 11) is 0. The Bertz CT molecular complexity index is 936. The van der Waals surface area contributed by atoms with Crippen molar-refractivity contribution in [3.63, 3.8) is 0 Å². The second-order valence-electron chi connectivity index (χ2n) is 7.42. The van der Waals surface area contributed by atoms with E-state index in [1.54, 1.807) is 12.4 Å². The highest BCUT2D eigenvalue weighted by atomic mass is 15.2. The Labute approximate surface area is 161 Å². The van der Waals surface area contributed by atoms with Crippen LogP contribution in [0.5, 0.6) is 0 Å². The first-order valence-electron chi connectivity index (χ1n) is 9.72. The predicted octanol–water partition coefficient (Wildman–Crippen LogP) is 5.20. The number of rotatable bonds is 3. The average molecular weight is 358 g/mol. The lowest BCUT2D eigenvalue weighted by atomic mass is 9.90. The van der Waals surface area contributed by atoms with Gasteiger partial charge < -0.3 is 4.90 Å². The predicted molar refractivity (Wildman–Crippen MR) is 110 cm³/mol. The standard InChI is InChI=1S/C23H26N4/c1-16-7-6-8-20(18(16)3)21-9-4-5-14-27(21)22-15-17(2)25-23(26-22)19-10-12-24-13-11-19/h6-8,10-13,15,21H,4-5,9,14H2,1-3H3. The van der Waals surface area contributed by atoms with Gasteiger partial charge in [-0.2, -0.15) is 0 Å². The first kappa shape index (κ1) is 17.7. The van der Waals surface area contributed by atoms with Gasteiger partial charge in [-0.25, -0.2) is 9.97 Å². The molecule has 1 aliphatic rings. The largest absolute Gasteiger partial charge is 0.349 e. The fourth-order valence-electron chi connectivity index (χ4n) is 3.99. The molecular formula is C23H26N4. The summed E-state index contributed by atoms with van der Waals surface area (Å²) in [4.78, 5) is 16.2. The number of nitrogens with zero attached hydrogens (tertiary/aromatic N) is 4. The smallest absolute Gasteiger partial charge is 0.161 e. The molecule has 3 aromatic rings. The van der Waals surface area contributed by atoms with Gasteiger partial charge in [-0.05, 0) is 68.9 Å². The van der Waals surface area contributed by atoms with Gasteiger partial charge in [0.1, 0.15) is 5.82 Å². The van der Waals surface area contributed by atoms with Crippen molar-refractivity contribution in [3.8, 4) is 11.4 Å². The van der Waals surface area contributed by atoms with Crippen LogP contribution in [0.15, 0.2) is 48.8 Å². The Hall–Kier alpha value is -2.75. The van der Waals surface area contributed by atoms with Gasteiger partial charge in [0.2, 0.25) is 0 Å². The van der Waals surface area contributed by atoms with Gasteiger partial charge in [-0.15, -0.1) is 0 Å². The molecule has 0 amide bonds. The summed E-state index contributed by atoms with van der Waals surface area (Å²) in [5.41, 5.74) is 6.19. The molecular weight excluding hydrogens is 332 g/mol. The van der Waals surface area contributed by atoms with E-state index in [9.17, 15) is 0 Å². The summed E-state index contributed by atoms with van der Waals surface area (Å²) < 4.78 is 0. The molecule has 1 aliphatic heterocycles. The molecule has 0 bridgehead atoms. The summed E-state index contributed by atoms with van der Waals surface area (Å²) >= 11 is 0. The number of hydrogen-bond acceptors (Lipinski definition) is 4. The molecule has 4 heteroatoms. The van der Waals surface area contributed by atoms with Gasteiger partial charge in [0.05, 0.1) is 6.04 Å². The third-order valence-corrected chi connectivity index (χ3v) is 5.58. The van der Waals surface area contributed by atoms with E-state index in [0.29, 0.717) is 6.04 Å². The highest BCUT2D eigenvalue weighted by Crippen LogP contribution is 2.36. The fourth-order valence-corrected chi connectivity index (χ4v) is 3.99. The highest BCUT2D eigenvalue weighted by Gasteiger charge is 2.27. The topological polar surface area (TPSA) is 41.9 Å². The van der Waals surface area contributed by atoms with Crippen LogP contribution in [0.25, 0.3) is 11.4 Å². The maximum absolute atomic E-state index is 4.94. The van der Waals surface area contributed by atoms with E-state index in [4.69, 9.17) is 4.98 Å². The quantitative estimate of drug-likeness (QED) is 0.646. The molecule has 0 radical (unpaired) electrons. The Morgan fingerprint density at radius 2 is 1.78 bits per heavy atom. The van der Waals surface area contributed by atoms with Crippen LogP contribution in [-0.4, -0.2) is 21.5 Å². The van der Waals surface area contributed by atoms with Crippen LogP contribution < -0.4 is 4.90 Å². The SMILES string of the molecule is Cc1cc(N2CCCCC2c2cccc(C)c2C)nc(-c2ccncc2)n1. The first-order chi connectivity index (χ1) is 13.1. The third kappa shape index (κ3) is 3.57. The van der Waals surface area contributed by atoms with E-state index < -0.39 is 0 Å². The number of pyridine rings is 1. The summed E-state index contributed by atoms with van der Waals surface area (Å²) in [5, 5.41) is 0. The molecule has 4 rings (SSSR count). The van der Waals surface area contributed by atoms with E-state index in [-0.39, 0.29) is 0 Å². The van der Waals surface area contributed by atoms with Crippen molar-refractivity contribution in [3.05, 3.63) is 71.2 Å². The Morgan fingerprint density at radius 3 is 2.59 bits per heavy atom. The molecule has 138 valence electrons. The van der Waals surface area contributed by atoms with E-state index >= 15 is 0 Å². The van der Waals surface area contributed by atoms with Gasteiger partial charge in [0.15, 0.2) is 5.82 Å². The molecule has 27 heavy (non-hydrogen) atoms. The average Bonchev–Trinajstić information content (AvgIpc) is 2.70. The molecule has 1 aromatic carbocycles. The van der Waals surface area contributed by atoms with Gasteiger partial charge in [0, 0.05) is 36.3 Å². The van der Waals surface area contributed by atoms with Crippen LogP contribution in [0.4, 0.5) is 5.82 Å². The molecule has 0 spiro atoms. The molecule has 4 nitrogen and oxygen atoms in total. The Balaban J connectivity index is 1.76. The molecule has 0 aliphatic carbocycles. The van der Waals surface area contributed by atoms with Crippen molar-refractivity contribution in [2.45, 2.75) is 46.1 Å². The van der Waals surface area contributed by atoms with Crippen LogP contribution in [0, 0.1) is 20.8 Å². The lowest BCUT2D eigenvalue weighted by Gasteiger charge is -2.38. The third-order valence-electron chi connectivity index (χ3n) is 5.58. The Kier molecular flexibility index (Phi) is 4.88. The van der Waals surface area contributed by atoms with Crippen LogP contribution in [0.3, 0.4) is 0 Å². The van der Waals surface area contributed by atoms with Crippen molar-refractivity contribution < 1.29 is 0 Å². The second-order valence-corrected chi connectivity index (χ2v) is 7.42. The molecule has 2 aromatic heterocycles. The molecule has 0 saturated carbocycles. The Morgan fingerprint density at radius 1 is 0.963 bits per heavy atom. The minimum Gasteiger partial charge on any atom is -0.349 e. The van der Waals surface area contributed by atoms with Crippen molar-refractivity contribution in [2.75, 3.05) is 11.4 Å². The summed E-state index contributed by atoms with van der Waals surface area (Å²) in [6.45, 7) is 7.52. The normalized spacial score (nSPS) is 17.1. The van der Waals surface area contributed by atoms with Crippen LogP contribution >= 0.6 is 0 Å². The molecule has 0 N–H and O–H groups in total. The number of piperidine rings is 1. The lowest BCUT2D eigenvalue weighted by Crippen LogP contribution is -2.34. The minimum atomic E-state index is 0.373. The van der Waals surface area contributed by atoms with E-state index in [1.165, 1.54) is 29.5 Å². The van der Waals surface area contributed by atoms with E-state index in [1.807, 2.05) is 19.1 Å². The maximum Gasteiger partial charge on any atom is 0.161 e. The number of benzene rings is 1. The molecule has 3 heterocycles. The van der Waals surface area contributed by atoms with Crippen LogP contribution in [0.1, 0.15) is 47.7 Å². The zero-order valence-corrected chi connectivity index (χ0v) is 16.3.